The quantitative estimate of drug-likeness (QED) is 0.644. The Hall–Kier alpha value is -2.87. The van der Waals surface area contributed by atoms with Crippen LogP contribution in [0.1, 0.15) is 42.9 Å². The Morgan fingerprint density at radius 1 is 1.23 bits per heavy atom. The lowest BCUT2D eigenvalue weighted by Crippen LogP contribution is -2.51. The minimum atomic E-state index is -0.846. The molecule has 2 heterocycles. The number of carbonyl (C=O) groups excluding carboxylic acids is 2. The summed E-state index contributed by atoms with van der Waals surface area (Å²) in [6.07, 6.45) is 0.997. The molecule has 0 bridgehead atoms. The summed E-state index contributed by atoms with van der Waals surface area (Å²) >= 11 is 6.45. The van der Waals surface area contributed by atoms with Crippen molar-refractivity contribution in [2.75, 3.05) is 31.6 Å². The summed E-state index contributed by atoms with van der Waals surface area (Å²) in [4.78, 5) is 31.8. The molecule has 1 aromatic heterocycles. The van der Waals surface area contributed by atoms with Crippen molar-refractivity contribution in [1.82, 2.24) is 9.88 Å². The number of amides is 1. The molecule has 1 fully saturated rings. The van der Waals surface area contributed by atoms with Gasteiger partial charge in [0.15, 0.2) is 11.5 Å². The number of rotatable bonds is 3. The summed E-state index contributed by atoms with van der Waals surface area (Å²) < 4.78 is 24.6. The minimum Gasteiger partial charge on any atom is -0.464 e. The normalized spacial score (nSPS) is 16.8. The average molecular weight is 450 g/mol. The largest absolute Gasteiger partial charge is 0.464 e. The number of halogens is 2. The second-order valence-electron chi connectivity index (χ2n) is 8.17. The molecule has 2 aromatic rings. The molecule has 1 aromatic carbocycles. The summed E-state index contributed by atoms with van der Waals surface area (Å²) in [5.41, 5.74) is 0.256. The van der Waals surface area contributed by atoms with Gasteiger partial charge in [-0.25, -0.2) is 19.0 Å². The zero-order valence-corrected chi connectivity index (χ0v) is 18.6. The Morgan fingerprint density at radius 2 is 1.94 bits per heavy atom. The van der Waals surface area contributed by atoms with Gasteiger partial charge in [0, 0.05) is 30.7 Å². The van der Waals surface area contributed by atoms with Crippen molar-refractivity contribution in [3.8, 4) is 0 Å². The smallest absolute Gasteiger partial charge is 0.410 e. The number of hydrogen-bond acceptors (Lipinski definition) is 6. The Kier molecular flexibility index (Phi) is 6.69. The summed E-state index contributed by atoms with van der Waals surface area (Å²) in [5.74, 6) is -1.63. The molecule has 1 saturated heterocycles. The van der Waals surface area contributed by atoms with Crippen molar-refractivity contribution in [2.45, 2.75) is 32.4 Å². The van der Waals surface area contributed by atoms with Gasteiger partial charge in [-0.15, -0.1) is 0 Å². The summed E-state index contributed by atoms with van der Waals surface area (Å²) in [7, 11) is 1.17. The van der Waals surface area contributed by atoms with E-state index in [0.717, 1.165) is 5.56 Å². The zero-order valence-electron chi connectivity index (χ0n) is 17.9. The highest BCUT2D eigenvalue weighted by atomic mass is 35.5. The molecule has 0 radical (unpaired) electrons. The fourth-order valence-corrected chi connectivity index (χ4v) is 3.69. The first kappa shape index (κ1) is 22.8. The van der Waals surface area contributed by atoms with Gasteiger partial charge in [0.2, 0.25) is 0 Å². The second-order valence-corrected chi connectivity index (χ2v) is 8.58. The third-order valence-electron chi connectivity index (χ3n) is 4.83. The molecular formula is C22H25ClFN3O4. The number of benzene rings is 1. The van der Waals surface area contributed by atoms with Crippen LogP contribution < -0.4 is 4.90 Å². The lowest BCUT2D eigenvalue weighted by atomic mass is 10.0. The zero-order chi connectivity index (χ0) is 22.8. The van der Waals surface area contributed by atoms with Gasteiger partial charge in [-0.3, -0.25) is 0 Å². The minimum absolute atomic E-state index is 0.291. The van der Waals surface area contributed by atoms with E-state index in [0.29, 0.717) is 30.3 Å². The molecule has 1 aliphatic heterocycles. The van der Waals surface area contributed by atoms with Gasteiger partial charge in [0.1, 0.15) is 5.60 Å². The van der Waals surface area contributed by atoms with Crippen molar-refractivity contribution < 1.29 is 23.5 Å². The average Bonchev–Trinajstić information content (AvgIpc) is 2.72. The molecule has 0 saturated carbocycles. The number of aromatic nitrogens is 1. The molecule has 0 N–H and O–H groups in total. The Labute approximate surface area is 185 Å². The summed E-state index contributed by atoms with van der Waals surface area (Å²) in [5, 5.41) is 0.531. The molecule has 1 amide bonds. The van der Waals surface area contributed by atoms with Crippen LogP contribution in [0.3, 0.4) is 0 Å². The Morgan fingerprint density at radius 3 is 2.55 bits per heavy atom. The predicted octanol–water partition coefficient (Wildman–Crippen LogP) is 4.46. The highest BCUT2D eigenvalue weighted by Gasteiger charge is 2.34. The standard InChI is InChI=1S/C22H25ClFN3O4/c1-22(2,3)31-21(29)26-9-10-27(18(13-26)15-7-5-6-8-16(15)23)14-11-17(24)19(25-12-14)20(28)30-4/h5-8,11-12,18H,9-10,13H2,1-4H3. The highest BCUT2D eigenvalue weighted by molar-refractivity contribution is 6.31. The lowest BCUT2D eigenvalue weighted by Gasteiger charge is -2.43. The number of piperazine rings is 1. The van der Waals surface area contributed by atoms with Gasteiger partial charge in [-0.2, -0.15) is 0 Å². The Bertz CT molecular complexity index is 979. The number of methoxy groups -OCH3 is 1. The highest BCUT2D eigenvalue weighted by Crippen LogP contribution is 2.35. The lowest BCUT2D eigenvalue weighted by molar-refractivity contribution is 0.0213. The van der Waals surface area contributed by atoms with E-state index in [1.54, 1.807) is 11.0 Å². The van der Waals surface area contributed by atoms with Gasteiger partial charge >= 0.3 is 12.1 Å². The van der Waals surface area contributed by atoms with E-state index in [9.17, 15) is 14.0 Å². The van der Waals surface area contributed by atoms with Crippen LogP contribution in [0.2, 0.25) is 5.02 Å². The number of ether oxygens (including phenoxy) is 2. The summed E-state index contributed by atoms with van der Waals surface area (Å²) in [6, 6.07) is 8.18. The monoisotopic (exact) mass is 449 g/mol. The number of nitrogens with zero attached hydrogens (tertiary/aromatic N) is 3. The van der Waals surface area contributed by atoms with E-state index in [2.05, 4.69) is 9.72 Å². The van der Waals surface area contributed by atoms with E-state index < -0.39 is 23.5 Å². The maximum atomic E-state index is 14.5. The fourth-order valence-electron chi connectivity index (χ4n) is 3.43. The third kappa shape index (κ3) is 5.25. The van der Waals surface area contributed by atoms with Crippen molar-refractivity contribution in [3.63, 3.8) is 0 Å². The predicted molar refractivity (Wildman–Crippen MR) is 115 cm³/mol. The molecule has 9 heteroatoms. The maximum Gasteiger partial charge on any atom is 0.410 e. The van der Waals surface area contributed by atoms with Gasteiger partial charge in [-0.05, 0) is 32.4 Å². The van der Waals surface area contributed by atoms with Gasteiger partial charge in [-0.1, -0.05) is 29.8 Å². The van der Waals surface area contributed by atoms with Gasteiger partial charge in [0.05, 0.1) is 25.0 Å². The fraction of sp³-hybridized carbons (Fsp3) is 0.409. The molecule has 166 valence electrons. The third-order valence-corrected chi connectivity index (χ3v) is 5.18. The van der Waals surface area contributed by atoms with Crippen LogP contribution in [-0.4, -0.2) is 54.3 Å². The van der Waals surface area contributed by atoms with Crippen LogP contribution in [0, 0.1) is 5.82 Å². The first-order valence-corrected chi connectivity index (χ1v) is 10.2. The molecule has 1 unspecified atom stereocenters. The van der Waals surface area contributed by atoms with Crippen molar-refractivity contribution in [3.05, 3.63) is 58.6 Å². The van der Waals surface area contributed by atoms with E-state index in [1.807, 2.05) is 43.9 Å². The first-order chi connectivity index (χ1) is 14.6. The van der Waals surface area contributed by atoms with Gasteiger partial charge < -0.3 is 19.3 Å². The van der Waals surface area contributed by atoms with E-state index in [1.165, 1.54) is 19.4 Å². The number of pyridine rings is 1. The number of esters is 1. The maximum absolute atomic E-state index is 14.5. The number of carbonyl (C=O) groups is 2. The Balaban J connectivity index is 1.94. The number of hydrogen-bond donors (Lipinski definition) is 0. The van der Waals surface area contributed by atoms with E-state index in [-0.39, 0.29) is 11.7 Å². The van der Waals surface area contributed by atoms with Crippen LogP contribution in [0.25, 0.3) is 0 Å². The van der Waals surface area contributed by atoms with Crippen LogP contribution in [0.4, 0.5) is 14.9 Å². The van der Waals surface area contributed by atoms with E-state index in [4.69, 9.17) is 16.3 Å². The van der Waals surface area contributed by atoms with Crippen molar-refractivity contribution >= 4 is 29.4 Å². The van der Waals surface area contributed by atoms with Gasteiger partial charge in [0.25, 0.3) is 0 Å². The molecule has 31 heavy (non-hydrogen) atoms. The second kappa shape index (κ2) is 9.09. The molecule has 7 nitrogen and oxygen atoms in total. The molecule has 3 rings (SSSR count). The first-order valence-electron chi connectivity index (χ1n) is 9.83. The van der Waals surface area contributed by atoms with Crippen LogP contribution >= 0.6 is 11.6 Å². The van der Waals surface area contributed by atoms with Crippen molar-refractivity contribution in [2.24, 2.45) is 0 Å². The SMILES string of the molecule is COC(=O)c1ncc(N2CCN(C(=O)OC(C)(C)C)CC2c2ccccc2Cl)cc1F. The molecule has 0 spiro atoms. The van der Waals surface area contributed by atoms with Crippen LogP contribution in [0.15, 0.2) is 36.5 Å². The molecular weight excluding hydrogens is 425 g/mol. The summed E-state index contributed by atoms with van der Waals surface area (Å²) in [6.45, 7) is 6.49. The van der Waals surface area contributed by atoms with E-state index >= 15 is 0 Å². The molecule has 1 aliphatic rings. The molecule has 1 atom stereocenters. The number of anilines is 1. The van der Waals surface area contributed by atoms with Crippen LogP contribution in [0.5, 0.6) is 0 Å². The van der Waals surface area contributed by atoms with Crippen LogP contribution in [-0.2, 0) is 9.47 Å². The topological polar surface area (TPSA) is 72.0 Å². The molecule has 0 aliphatic carbocycles. The van der Waals surface area contributed by atoms with Crippen molar-refractivity contribution in [1.29, 1.82) is 0 Å².